The Hall–Kier alpha value is -2.31. The number of nitriles is 1. The summed E-state index contributed by atoms with van der Waals surface area (Å²) >= 11 is 0. The quantitative estimate of drug-likeness (QED) is 0.872. The summed E-state index contributed by atoms with van der Waals surface area (Å²) in [5.41, 5.74) is 3.66. The molecule has 0 bridgehead atoms. The van der Waals surface area contributed by atoms with Gasteiger partial charge in [-0.15, -0.1) is 0 Å². The standard InChI is InChI=1S/C17H18N2O/c1-13-5-7-15(8-6-13)17(20)9-10-19-16-4-2-3-14(11-16)12-18/h2-8,11,17,19-20H,9-10H2,1H3. The topological polar surface area (TPSA) is 56.0 Å². The van der Waals surface area contributed by atoms with Gasteiger partial charge in [0.2, 0.25) is 0 Å². The monoisotopic (exact) mass is 266 g/mol. The first-order valence-electron chi connectivity index (χ1n) is 6.68. The summed E-state index contributed by atoms with van der Waals surface area (Å²) in [5, 5.41) is 22.1. The van der Waals surface area contributed by atoms with Crippen LogP contribution in [0.2, 0.25) is 0 Å². The second-order valence-corrected chi connectivity index (χ2v) is 4.83. The molecule has 3 nitrogen and oxygen atoms in total. The smallest absolute Gasteiger partial charge is 0.0992 e. The molecular formula is C17H18N2O. The summed E-state index contributed by atoms with van der Waals surface area (Å²) in [6.45, 7) is 2.68. The predicted molar refractivity (Wildman–Crippen MR) is 80.4 cm³/mol. The molecule has 0 aliphatic carbocycles. The van der Waals surface area contributed by atoms with E-state index in [2.05, 4.69) is 11.4 Å². The lowest BCUT2D eigenvalue weighted by Gasteiger charge is -2.12. The van der Waals surface area contributed by atoms with Crippen LogP contribution in [0.3, 0.4) is 0 Å². The number of aliphatic hydroxyl groups excluding tert-OH is 1. The van der Waals surface area contributed by atoms with Gasteiger partial charge in [-0.05, 0) is 37.1 Å². The number of benzene rings is 2. The zero-order chi connectivity index (χ0) is 14.4. The van der Waals surface area contributed by atoms with Crippen molar-refractivity contribution in [1.29, 1.82) is 5.26 Å². The summed E-state index contributed by atoms with van der Waals surface area (Å²) in [7, 11) is 0. The summed E-state index contributed by atoms with van der Waals surface area (Å²) in [6, 6.07) is 17.4. The molecule has 0 saturated heterocycles. The third-order valence-electron chi connectivity index (χ3n) is 3.20. The van der Waals surface area contributed by atoms with E-state index >= 15 is 0 Å². The van der Waals surface area contributed by atoms with Crippen molar-refractivity contribution in [2.45, 2.75) is 19.4 Å². The van der Waals surface area contributed by atoms with Gasteiger partial charge in [-0.1, -0.05) is 35.9 Å². The predicted octanol–water partition coefficient (Wildman–Crippen LogP) is 3.40. The molecule has 102 valence electrons. The van der Waals surface area contributed by atoms with Gasteiger partial charge in [-0.2, -0.15) is 5.26 Å². The minimum atomic E-state index is -0.470. The van der Waals surface area contributed by atoms with Crippen molar-refractivity contribution < 1.29 is 5.11 Å². The summed E-state index contributed by atoms with van der Waals surface area (Å²) in [4.78, 5) is 0. The molecule has 2 rings (SSSR count). The summed E-state index contributed by atoms with van der Waals surface area (Å²) in [6.07, 6.45) is 0.155. The number of hydrogen-bond acceptors (Lipinski definition) is 3. The molecular weight excluding hydrogens is 248 g/mol. The maximum atomic E-state index is 10.1. The number of anilines is 1. The van der Waals surface area contributed by atoms with Crippen LogP contribution in [0.15, 0.2) is 48.5 Å². The average Bonchev–Trinajstić information content (AvgIpc) is 2.48. The van der Waals surface area contributed by atoms with E-state index in [1.54, 1.807) is 12.1 Å². The van der Waals surface area contributed by atoms with Gasteiger partial charge in [0.05, 0.1) is 17.7 Å². The largest absolute Gasteiger partial charge is 0.388 e. The zero-order valence-corrected chi connectivity index (χ0v) is 11.5. The van der Waals surface area contributed by atoms with Gasteiger partial charge in [0, 0.05) is 12.2 Å². The lowest BCUT2D eigenvalue weighted by atomic mass is 10.1. The fraction of sp³-hybridized carbons (Fsp3) is 0.235. The number of nitrogens with one attached hydrogen (secondary N) is 1. The van der Waals surface area contributed by atoms with Gasteiger partial charge >= 0.3 is 0 Å². The molecule has 0 aromatic heterocycles. The fourth-order valence-corrected chi connectivity index (χ4v) is 2.01. The van der Waals surface area contributed by atoms with E-state index in [1.807, 2.05) is 43.3 Å². The van der Waals surface area contributed by atoms with Gasteiger partial charge in [0.25, 0.3) is 0 Å². The van der Waals surface area contributed by atoms with Crippen LogP contribution in [-0.4, -0.2) is 11.7 Å². The molecule has 0 spiro atoms. The Morgan fingerprint density at radius 3 is 2.65 bits per heavy atom. The normalized spacial score (nSPS) is 11.7. The maximum absolute atomic E-state index is 10.1. The van der Waals surface area contributed by atoms with Crippen molar-refractivity contribution in [2.24, 2.45) is 0 Å². The second kappa shape index (κ2) is 6.74. The van der Waals surface area contributed by atoms with Crippen LogP contribution in [0.5, 0.6) is 0 Å². The minimum Gasteiger partial charge on any atom is -0.388 e. The summed E-state index contributed by atoms with van der Waals surface area (Å²) < 4.78 is 0. The Labute approximate surface area is 119 Å². The van der Waals surface area contributed by atoms with Gasteiger partial charge < -0.3 is 10.4 Å². The lowest BCUT2D eigenvalue weighted by molar-refractivity contribution is 0.171. The highest BCUT2D eigenvalue weighted by atomic mass is 16.3. The van der Waals surface area contributed by atoms with Gasteiger partial charge in [-0.25, -0.2) is 0 Å². The van der Waals surface area contributed by atoms with Crippen molar-refractivity contribution in [2.75, 3.05) is 11.9 Å². The second-order valence-electron chi connectivity index (χ2n) is 4.83. The lowest BCUT2D eigenvalue weighted by Crippen LogP contribution is -2.07. The third kappa shape index (κ3) is 3.84. The third-order valence-corrected chi connectivity index (χ3v) is 3.20. The first-order chi connectivity index (χ1) is 9.69. The molecule has 3 heteroatoms. The van der Waals surface area contributed by atoms with Gasteiger partial charge in [-0.3, -0.25) is 0 Å². The Morgan fingerprint density at radius 2 is 1.95 bits per heavy atom. The molecule has 20 heavy (non-hydrogen) atoms. The fourth-order valence-electron chi connectivity index (χ4n) is 2.01. The first-order valence-corrected chi connectivity index (χ1v) is 6.68. The van der Waals surface area contributed by atoms with Crippen molar-refractivity contribution >= 4 is 5.69 Å². The van der Waals surface area contributed by atoms with E-state index in [-0.39, 0.29) is 0 Å². The van der Waals surface area contributed by atoms with Crippen molar-refractivity contribution in [3.05, 3.63) is 65.2 Å². The molecule has 2 aromatic rings. The molecule has 2 N–H and O–H groups in total. The molecule has 0 aliphatic heterocycles. The number of aliphatic hydroxyl groups is 1. The van der Waals surface area contributed by atoms with Crippen molar-refractivity contribution in [1.82, 2.24) is 0 Å². The molecule has 0 fully saturated rings. The van der Waals surface area contributed by atoms with Crippen LogP contribution >= 0.6 is 0 Å². The number of hydrogen-bond donors (Lipinski definition) is 2. The van der Waals surface area contributed by atoms with Crippen molar-refractivity contribution in [3.63, 3.8) is 0 Å². The molecule has 0 aliphatic rings. The Bertz CT molecular complexity index is 599. The Kier molecular flexibility index (Phi) is 4.75. The van der Waals surface area contributed by atoms with E-state index in [0.717, 1.165) is 11.3 Å². The van der Waals surface area contributed by atoms with Crippen LogP contribution in [0.4, 0.5) is 5.69 Å². The molecule has 0 saturated carbocycles. The zero-order valence-electron chi connectivity index (χ0n) is 11.5. The van der Waals surface area contributed by atoms with Gasteiger partial charge in [0.1, 0.15) is 0 Å². The molecule has 0 heterocycles. The Balaban J connectivity index is 1.86. The van der Waals surface area contributed by atoms with Crippen LogP contribution in [0.25, 0.3) is 0 Å². The number of aryl methyl sites for hydroxylation is 1. The summed E-state index contributed by atoms with van der Waals surface area (Å²) in [5.74, 6) is 0. The van der Waals surface area contributed by atoms with Crippen LogP contribution < -0.4 is 5.32 Å². The number of nitrogens with zero attached hydrogens (tertiary/aromatic N) is 1. The average molecular weight is 266 g/mol. The SMILES string of the molecule is Cc1ccc(C(O)CCNc2cccc(C#N)c2)cc1. The number of rotatable bonds is 5. The van der Waals surface area contributed by atoms with E-state index in [0.29, 0.717) is 18.5 Å². The molecule has 1 atom stereocenters. The van der Waals surface area contributed by atoms with Crippen LogP contribution in [0.1, 0.15) is 29.2 Å². The van der Waals surface area contributed by atoms with E-state index in [4.69, 9.17) is 5.26 Å². The molecule has 1 unspecified atom stereocenters. The Morgan fingerprint density at radius 1 is 1.20 bits per heavy atom. The molecule has 0 radical (unpaired) electrons. The highest BCUT2D eigenvalue weighted by Gasteiger charge is 2.06. The van der Waals surface area contributed by atoms with E-state index in [1.165, 1.54) is 5.56 Å². The van der Waals surface area contributed by atoms with Gasteiger partial charge in [0.15, 0.2) is 0 Å². The van der Waals surface area contributed by atoms with E-state index < -0.39 is 6.10 Å². The maximum Gasteiger partial charge on any atom is 0.0992 e. The first kappa shape index (κ1) is 14.1. The highest BCUT2D eigenvalue weighted by molar-refractivity contribution is 5.49. The highest BCUT2D eigenvalue weighted by Crippen LogP contribution is 2.17. The molecule has 0 amide bonds. The molecule has 2 aromatic carbocycles. The van der Waals surface area contributed by atoms with Crippen LogP contribution in [-0.2, 0) is 0 Å². The van der Waals surface area contributed by atoms with Crippen molar-refractivity contribution in [3.8, 4) is 6.07 Å². The van der Waals surface area contributed by atoms with E-state index in [9.17, 15) is 5.11 Å². The van der Waals surface area contributed by atoms with Crippen LogP contribution in [0, 0.1) is 18.3 Å². The minimum absolute atomic E-state index is 0.470.